The third-order valence-electron chi connectivity index (χ3n) is 3.00. The Labute approximate surface area is 134 Å². The van der Waals surface area contributed by atoms with Gasteiger partial charge in [0.1, 0.15) is 0 Å². The van der Waals surface area contributed by atoms with E-state index in [9.17, 15) is 9.59 Å². The van der Waals surface area contributed by atoms with Gasteiger partial charge >= 0.3 is 0 Å². The molecule has 1 aliphatic heterocycles. The van der Waals surface area contributed by atoms with Crippen LogP contribution in [0, 0.1) is 5.92 Å². The fraction of sp³-hybridized carbons (Fsp3) is 0.375. The van der Waals surface area contributed by atoms with E-state index < -0.39 is 0 Å². The van der Waals surface area contributed by atoms with Gasteiger partial charge in [-0.05, 0) is 31.4 Å². The standard InChI is InChI=1S/C16H19N3O2S/c1-11(2)9-12(3)17-18-16-19(14(20)10-22-16)15(21)13-7-5-4-6-8-13/h4-8,11H,9-10H2,1-3H3/b17-12-,18-16+. The number of carbonyl (C=O) groups excluding carboxylic acids is 2. The third kappa shape index (κ3) is 4.04. The van der Waals surface area contributed by atoms with Crippen LogP contribution < -0.4 is 0 Å². The van der Waals surface area contributed by atoms with Crippen molar-refractivity contribution in [2.45, 2.75) is 27.2 Å². The minimum Gasteiger partial charge on any atom is -0.273 e. The largest absolute Gasteiger partial charge is 0.273 e. The van der Waals surface area contributed by atoms with Crippen LogP contribution in [-0.4, -0.2) is 33.3 Å². The molecule has 0 unspecified atom stereocenters. The molecule has 1 saturated heterocycles. The summed E-state index contributed by atoms with van der Waals surface area (Å²) in [6.45, 7) is 6.10. The van der Waals surface area contributed by atoms with Gasteiger partial charge in [-0.3, -0.25) is 9.59 Å². The van der Waals surface area contributed by atoms with Crippen molar-refractivity contribution in [1.29, 1.82) is 0 Å². The maximum atomic E-state index is 12.5. The van der Waals surface area contributed by atoms with E-state index in [0.717, 1.165) is 17.0 Å². The predicted octanol–water partition coefficient (Wildman–Crippen LogP) is 3.18. The highest BCUT2D eigenvalue weighted by Gasteiger charge is 2.34. The Morgan fingerprint density at radius 2 is 2.00 bits per heavy atom. The van der Waals surface area contributed by atoms with Gasteiger partial charge in [-0.15, -0.1) is 5.10 Å². The van der Waals surface area contributed by atoms with Crippen LogP contribution in [0.5, 0.6) is 0 Å². The fourth-order valence-electron chi connectivity index (χ4n) is 2.11. The monoisotopic (exact) mass is 317 g/mol. The van der Waals surface area contributed by atoms with Gasteiger partial charge in [-0.25, -0.2) is 4.90 Å². The van der Waals surface area contributed by atoms with Crippen molar-refractivity contribution in [3.8, 4) is 0 Å². The lowest BCUT2D eigenvalue weighted by Crippen LogP contribution is -2.35. The van der Waals surface area contributed by atoms with Crippen LogP contribution in [0.3, 0.4) is 0 Å². The van der Waals surface area contributed by atoms with Crippen molar-refractivity contribution in [3.05, 3.63) is 35.9 Å². The highest BCUT2D eigenvalue weighted by Crippen LogP contribution is 2.22. The Kier molecular flexibility index (Phi) is 5.49. The molecular formula is C16H19N3O2S. The van der Waals surface area contributed by atoms with Gasteiger partial charge in [0.2, 0.25) is 5.91 Å². The van der Waals surface area contributed by atoms with Crippen LogP contribution >= 0.6 is 11.8 Å². The van der Waals surface area contributed by atoms with Crippen molar-refractivity contribution in [2.75, 3.05) is 5.75 Å². The summed E-state index contributed by atoms with van der Waals surface area (Å²) in [6.07, 6.45) is 0.835. The molecule has 5 nitrogen and oxygen atoms in total. The fourth-order valence-corrected chi connectivity index (χ4v) is 2.90. The average molecular weight is 317 g/mol. The topological polar surface area (TPSA) is 62.1 Å². The molecule has 0 saturated carbocycles. The van der Waals surface area contributed by atoms with Crippen molar-refractivity contribution in [1.82, 2.24) is 4.90 Å². The van der Waals surface area contributed by atoms with E-state index in [0.29, 0.717) is 16.6 Å². The molecule has 2 amide bonds. The number of thioether (sulfide) groups is 1. The molecule has 6 heteroatoms. The smallest absolute Gasteiger partial charge is 0.266 e. The van der Waals surface area contributed by atoms with Crippen LogP contribution in [0.25, 0.3) is 0 Å². The average Bonchev–Trinajstić information content (AvgIpc) is 2.85. The number of hydrogen-bond acceptors (Lipinski definition) is 5. The predicted molar refractivity (Wildman–Crippen MR) is 90.1 cm³/mol. The number of amidine groups is 1. The van der Waals surface area contributed by atoms with Gasteiger partial charge in [-0.2, -0.15) is 5.10 Å². The van der Waals surface area contributed by atoms with Crippen LogP contribution in [-0.2, 0) is 4.79 Å². The van der Waals surface area contributed by atoms with Crippen molar-refractivity contribution < 1.29 is 9.59 Å². The van der Waals surface area contributed by atoms with Crippen LogP contribution in [0.15, 0.2) is 40.5 Å². The first-order valence-electron chi connectivity index (χ1n) is 7.15. The summed E-state index contributed by atoms with van der Waals surface area (Å²) in [5.74, 6) is 0.0973. The Hall–Kier alpha value is -1.95. The van der Waals surface area contributed by atoms with E-state index in [-0.39, 0.29) is 17.6 Å². The number of amides is 2. The lowest BCUT2D eigenvalue weighted by molar-refractivity contribution is -0.122. The van der Waals surface area contributed by atoms with Crippen molar-refractivity contribution in [2.24, 2.45) is 16.1 Å². The molecule has 0 radical (unpaired) electrons. The lowest BCUT2D eigenvalue weighted by Gasteiger charge is -2.13. The summed E-state index contributed by atoms with van der Waals surface area (Å²) in [6, 6.07) is 8.73. The quantitative estimate of drug-likeness (QED) is 0.487. The minimum absolute atomic E-state index is 0.218. The molecule has 1 aromatic carbocycles. The van der Waals surface area contributed by atoms with Crippen LogP contribution in [0.2, 0.25) is 0 Å². The molecular weight excluding hydrogens is 298 g/mol. The SMILES string of the molecule is C/C(CC(C)C)=N/N=C1/SCC(=O)N1C(=O)c1ccccc1. The zero-order valence-corrected chi connectivity index (χ0v) is 13.8. The van der Waals surface area contributed by atoms with Crippen LogP contribution in [0.4, 0.5) is 0 Å². The molecule has 22 heavy (non-hydrogen) atoms. The molecule has 1 fully saturated rings. The molecule has 1 aliphatic rings. The van der Waals surface area contributed by atoms with Crippen LogP contribution in [0.1, 0.15) is 37.6 Å². The molecule has 0 aliphatic carbocycles. The zero-order chi connectivity index (χ0) is 16.1. The van der Waals surface area contributed by atoms with Gasteiger partial charge < -0.3 is 0 Å². The van der Waals surface area contributed by atoms with E-state index in [2.05, 4.69) is 24.1 Å². The maximum absolute atomic E-state index is 12.5. The number of carbonyl (C=O) groups is 2. The first-order valence-corrected chi connectivity index (χ1v) is 8.14. The molecule has 0 bridgehead atoms. The Balaban J connectivity index is 2.21. The summed E-state index contributed by atoms with van der Waals surface area (Å²) in [7, 11) is 0. The summed E-state index contributed by atoms with van der Waals surface area (Å²) in [4.78, 5) is 25.5. The van der Waals surface area contributed by atoms with Crippen molar-refractivity contribution >= 4 is 34.5 Å². The normalized spacial score (nSPS) is 17.6. The summed E-state index contributed by atoms with van der Waals surface area (Å²) in [5, 5.41) is 8.60. The molecule has 0 aromatic heterocycles. The lowest BCUT2D eigenvalue weighted by atomic mass is 10.1. The summed E-state index contributed by atoms with van der Waals surface area (Å²) < 4.78 is 0. The molecule has 1 aromatic rings. The Morgan fingerprint density at radius 3 is 2.64 bits per heavy atom. The molecule has 0 N–H and O–H groups in total. The molecule has 0 atom stereocenters. The first-order chi connectivity index (χ1) is 10.5. The minimum atomic E-state index is -0.355. The molecule has 116 valence electrons. The second kappa shape index (κ2) is 7.35. The van der Waals surface area contributed by atoms with Gasteiger partial charge in [0, 0.05) is 11.3 Å². The first kappa shape index (κ1) is 16.4. The summed E-state index contributed by atoms with van der Waals surface area (Å²) >= 11 is 1.24. The highest BCUT2D eigenvalue weighted by molar-refractivity contribution is 8.15. The zero-order valence-electron chi connectivity index (χ0n) is 12.9. The van der Waals surface area contributed by atoms with Gasteiger partial charge in [-0.1, -0.05) is 43.8 Å². The van der Waals surface area contributed by atoms with E-state index >= 15 is 0 Å². The van der Waals surface area contributed by atoms with E-state index in [4.69, 9.17) is 0 Å². The van der Waals surface area contributed by atoms with E-state index in [1.807, 2.05) is 13.0 Å². The Morgan fingerprint density at radius 1 is 1.32 bits per heavy atom. The maximum Gasteiger partial charge on any atom is 0.266 e. The van der Waals surface area contributed by atoms with Crippen molar-refractivity contribution in [3.63, 3.8) is 0 Å². The number of rotatable bonds is 4. The number of imide groups is 1. The van der Waals surface area contributed by atoms with E-state index in [1.165, 1.54) is 11.8 Å². The second-order valence-corrected chi connectivity index (χ2v) is 6.45. The van der Waals surface area contributed by atoms with E-state index in [1.54, 1.807) is 24.3 Å². The number of hydrogen-bond donors (Lipinski definition) is 0. The number of benzene rings is 1. The number of nitrogens with zero attached hydrogens (tertiary/aromatic N) is 3. The van der Waals surface area contributed by atoms with Gasteiger partial charge in [0.15, 0.2) is 5.17 Å². The molecule has 0 spiro atoms. The molecule has 2 rings (SSSR count). The van der Waals surface area contributed by atoms with Gasteiger partial charge in [0.05, 0.1) is 5.75 Å². The van der Waals surface area contributed by atoms with Gasteiger partial charge in [0.25, 0.3) is 5.91 Å². The third-order valence-corrected chi connectivity index (χ3v) is 3.91. The highest BCUT2D eigenvalue weighted by atomic mass is 32.2. The Bertz CT molecular complexity index is 624. The summed E-state index contributed by atoms with van der Waals surface area (Å²) in [5.41, 5.74) is 1.35. The molecule has 1 heterocycles. The second-order valence-electron chi connectivity index (χ2n) is 5.50.